The number of hydrogen-bond donors (Lipinski definition) is 3. The van der Waals surface area contributed by atoms with E-state index in [0.29, 0.717) is 11.6 Å². The standard InChI is InChI=1S/C16H15ClN4O3/c1-21-15(23)10(7-19-16(21)24)6-14(22)18-8-12-5-9-4-11(17)2-3-13(9)20-12/h2-5,7,20H,6,8H2,1H3,(H,18,22)(H,19,24). The zero-order valence-electron chi connectivity index (χ0n) is 12.9. The maximum Gasteiger partial charge on any atom is 0.328 e. The first-order chi connectivity index (χ1) is 11.4. The zero-order chi connectivity index (χ0) is 17.3. The van der Waals surface area contributed by atoms with Gasteiger partial charge < -0.3 is 15.3 Å². The van der Waals surface area contributed by atoms with Gasteiger partial charge in [-0.15, -0.1) is 0 Å². The van der Waals surface area contributed by atoms with Crippen molar-refractivity contribution >= 4 is 28.4 Å². The van der Waals surface area contributed by atoms with Crippen LogP contribution >= 0.6 is 11.6 Å². The molecule has 3 N–H and O–H groups in total. The fourth-order valence-corrected chi connectivity index (χ4v) is 2.61. The Hall–Kier alpha value is -2.80. The molecule has 0 aliphatic heterocycles. The lowest BCUT2D eigenvalue weighted by molar-refractivity contribution is -0.120. The molecule has 8 heteroatoms. The van der Waals surface area contributed by atoms with Gasteiger partial charge >= 0.3 is 5.69 Å². The highest BCUT2D eigenvalue weighted by Crippen LogP contribution is 2.19. The highest BCUT2D eigenvalue weighted by molar-refractivity contribution is 6.31. The second-order valence-corrected chi connectivity index (χ2v) is 5.90. The van der Waals surface area contributed by atoms with Crippen LogP contribution in [0.5, 0.6) is 0 Å². The van der Waals surface area contributed by atoms with Gasteiger partial charge in [-0.3, -0.25) is 14.2 Å². The Bertz CT molecular complexity index is 1030. The lowest BCUT2D eigenvalue weighted by Crippen LogP contribution is -2.36. The van der Waals surface area contributed by atoms with Crippen molar-refractivity contribution in [2.75, 3.05) is 0 Å². The molecule has 0 bridgehead atoms. The Morgan fingerprint density at radius 2 is 2.08 bits per heavy atom. The van der Waals surface area contributed by atoms with E-state index in [-0.39, 0.29) is 17.9 Å². The molecule has 0 radical (unpaired) electrons. The third-order valence-corrected chi connectivity index (χ3v) is 3.95. The van der Waals surface area contributed by atoms with E-state index in [4.69, 9.17) is 11.6 Å². The van der Waals surface area contributed by atoms with Crippen LogP contribution < -0.4 is 16.6 Å². The van der Waals surface area contributed by atoms with Gasteiger partial charge in [0.05, 0.1) is 13.0 Å². The molecule has 124 valence electrons. The molecule has 0 atom stereocenters. The average Bonchev–Trinajstić information content (AvgIpc) is 2.95. The molecule has 2 aromatic heterocycles. The number of benzene rings is 1. The van der Waals surface area contributed by atoms with Crippen molar-refractivity contribution in [3.8, 4) is 0 Å². The maximum atomic E-state index is 12.0. The number of aromatic amines is 2. The molecule has 0 saturated carbocycles. The summed E-state index contributed by atoms with van der Waals surface area (Å²) in [5.41, 5.74) is 1.00. The van der Waals surface area contributed by atoms with Crippen molar-refractivity contribution in [2.45, 2.75) is 13.0 Å². The Kier molecular flexibility index (Phi) is 4.26. The number of aromatic nitrogens is 3. The van der Waals surface area contributed by atoms with Crippen LogP contribution in [0.3, 0.4) is 0 Å². The Balaban J connectivity index is 1.68. The predicted octanol–water partition coefficient (Wildman–Crippen LogP) is 1.07. The summed E-state index contributed by atoms with van der Waals surface area (Å²) < 4.78 is 0.935. The first kappa shape index (κ1) is 16.1. The molecule has 0 spiro atoms. The number of nitrogens with one attached hydrogen (secondary N) is 3. The summed E-state index contributed by atoms with van der Waals surface area (Å²) in [5, 5.41) is 4.34. The number of carbonyl (C=O) groups excluding carboxylic acids is 1. The number of halogens is 1. The van der Waals surface area contributed by atoms with Gasteiger partial charge in [-0.25, -0.2) is 4.79 Å². The number of carbonyl (C=O) groups is 1. The summed E-state index contributed by atoms with van der Waals surface area (Å²) in [5.74, 6) is -0.309. The average molecular weight is 347 g/mol. The van der Waals surface area contributed by atoms with Gasteiger partial charge in [0.25, 0.3) is 5.56 Å². The fraction of sp³-hybridized carbons (Fsp3) is 0.188. The van der Waals surface area contributed by atoms with Crippen LogP contribution in [0.2, 0.25) is 5.02 Å². The second kappa shape index (κ2) is 6.37. The molecular weight excluding hydrogens is 332 g/mol. The van der Waals surface area contributed by atoms with Crippen LogP contribution in [0.15, 0.2) is 40.1 Å². The molecular formula is C16H15ClN4O3. The predicted molar refractivity (Wildman–Crippen MR) is 91.2 cm³/mol. The number of H-pyrrole nitrogens is 2. The summed E-state index contributed by atoms with van der Waals surface area (Å²) in [7, 11) is 1.36. The monoisotopic (exact) mass is 346 g/mol. The topological polar surface area (TPSA) is 99.8 Å². The molecule has 1 amide bonds. The third-order valence-electron chi connectivity index (χ3n) is 3.72. The summed E-state index contributed by atoms with van der Waals surface area (Å²) in [6.07, 6.45) is 1.17. The van der Waals surface area contributed by atoms with Gasteiger partial charge in [0, 0.05) is 40.4 Å². The molecule has 0 aliphatic carbocycles. The first-order valence-electron chi connectivity index (χ1n) is 7.25. The minimum atomic E-state index is -0.513. The van der Waals surface area contributed by atoms with Crippen molar-refractivity contribution in [1.82, 2.24) is 19.9 Å². The molecule has 0 saturated heterocycles. The third kappa shape index (κ3) is 3.26. The molecule has 0 unspecified atom stereocenters. The highest BCUT2D eigenvalue weighted by atomic mass is 35.5. The van der Waals surface area contributed by atoms with Crippen molar-refractivity contribution < 1.29 is 4.79 Å². The van der Waals surface area contributed by atoms with Crippen LogP contribution in [0.1, 0.15) is 11.3 Å². The number of nitrogens with zero attached hydrogens (tertiary/aromatic N) is 1. The van der Waals surface area contributed by atoms with E-state index in [1.807, 2.05) is 18.2 Å². The summed E-state index contributed by atoms with van der Waals surface area (Å²) >= 11 is 5.94. The summed E-state index contributed by atoms with van der Waals surface area (Å²) in [4.78, 5) is 40.8. The van der Waals surface area contributed by atoms with Gasteiger partial charge in [-0.1, -0.05) is 11.6 Å². The Labute approximate surface area is 141 Å². The maximum absolute atomic E-state index is 12.0. The quantitative estimate of drug-likeness (QED) is 0.658. The van der Waals surface area contributed by atoms with Gasteiger partial charge in [0.15, 0.2) is 0 Å². The van der Waals surface area contributed by atoms with Gasteiger partial charge in [-0.05, 0) is 24.3 Å². The van der Waals surface area contributed by atoms with Crippen molar-refractivity contribution in [2.24, 2.45) is 7.05 Å². The fourth-order valence-electron chi connectivity index (χ4n) is 2.43. The lowest BCUT2D eigenvalue weighted by Gasteiger charge is -2.04. The van der Waals surface area contributed by atoms with Crippen molar-refractivity contribution in [1.29, 1.82) is 0 Å². The highest BCUT2D eigenvalue weighted by Gasteiger charge is 2.10. The van der Waals surface area contributed by atoms with Gasteiger partial charge in [0.1, 0.15) is 0 Å². The van der Waals surface area contributed by atoms with Crippen molar-refractivity contribution in [3.05, 3.63) is 67.6 Å². The SMILES string of the molecule is Cn1c(=O)[nH]cc(CC(=O)NCc2cc3cc(Cl)ccc3[nH]2)c1=O. The van der Waals surface area contributed by atoms with E-state index in [9.17, 15) is 14.4 Å². The van der Waals surface area contributed by atoms with E-state index < -0.39 is 11.2 Å². The van der Waals surface area contributed by atoms with Gasteiger partial charge in [-0.2, -0.15) is 0 Å². The van der Waals surface area contributed by atoms with Crippen molar-refractivity contribution in [3.63, 3.8) is 0 Å². The van der Waals surface area contributed by atoms with E-state index in [0.717, 1.165) is 21.2 Å². The van der Waals surface area contributed by atoms with Crippen LogP contribution in [0.25, 0.3) is 10.9 Å². The Morgan fingerprint density at radius 1 is 1.29 bits per heavy atom. The molecule has 3 aromatic rings. The molecule has 3 rings (SSSR count). The number of amides is 1. The minimum Gasteiger partial charge on any atom is -0.357 e. The van der Waals surface area contributed by atoms with E-state index in [2.05, 4.69) is 15.3 Å². The summed E-state index contributed by atoms with van der Waals surface area (Å²) in [6.45, 7) is 0.300. The minimum absolute atomic E-state index is 0.102. The number of rotatable bonds is 4. The smallest absolute Gasteiger partial charge is 0.328 e. The zero-order valence-corrected chi connectivity index (χ0v) is 13.6. The molecule has 0 fully saturated rings. The van der Waals surface area contributed by atoms with Crippen LogP contribution in [0, 0.1) is 0 Å². The Morgan fingerprint density at radius 3 is 2.88 bits per heavy atom. The normalized spacial score (nSPS) is 10.9. The number of hydrogen-bond acceptors (Lipinski definition) is 3. The van der Waals surface area contributed by atoms with Gasteiger partial charge in [0.2, 0.25) is 5.91 Å². The number of fused-ring (bicyclic) bond motifs is 1. The lowest BCUT2D eigenvalue weighted by atomic mass is 10.2. The molecule has 24 heavy (non-hydrogen) atoms. The molecule has 0 aliphatic rings. The second-order valence-electron chi connectivity index (χ2n) is 5.46. The van der Waals surface area contributed by atoms with Crippen LogP contribution in [-0.2, 0) is 24.8 Å². The van der Waals surface area contributed by atoms with E-state index in [1.165, 1.54) is 13.2 Å². The molecule has 1 aromatic carbocycles. The van der Waals surface area contributed by atoms with Crippen LogP contribution in [-0.4, -0.2) is 20.4 Å². The van der Waals surface area contributed by atoms with Crippen LogP contribution in [0.4, 0.5) is 0 Å². The molecule has 2 heterocycles. The van der Waals surface area contributed by atoms with E-state index in [1.54, 1.807) is 6.07 Å². The van der Waals surface area contributed by atoms with E-state index >= 15 is 0 Å². The molecule has 7 nitrogen and oxygen atoms in total. The first-order valence-corrected chi connectivity index (χ1v) is 7.63. The summed E-state index contributed by atoms with van der Waals surface area (Å²) in [6, 6.07) is 7.39. The largest absolute Gasteiger partial charge is 0.357 e.